The van der Waals surface area contributed by atoms with Gasteiger partial charge in [0.2, 0.25) is 0 Å². The van der Waals surface area contributed by atoms with Crippen LogP contribution in [0.15, 0.2) is 24.3 Å². The zero-order valence-electron chi connectivity index (χ0n) is 7.48. The summed E-state index contributed by atoms with van der Waals surface area (Å²) in [5.74, 6) is 0.835. The molecule has 1 aromatic carbocycles. The molecule has 2 rings (SSSR count). The minimum Gasteiger partial charge on any atom is -0.486 e. The molecule has 0 radical (unpaired) electrons. The predicted molar refractivity (Wildman–Crippen MR) is 68.4 cm³/mol. The fourth-order valence-electron chi connectivity index (χ4n) is 0.991. The van der Waals surface area contributed by atoms with E-state index >= 15 is 0 Å². The van der Waals surface area contributed by atoms with Crippen molar-refractivity contribution in [2.24, 2.45) is 0 Å². The van der Waals surface area contributed by atoms with Crippen molar-refractivity contribution in [1.29, 1.82) is 0 Å². The molecular weight excluding hydrogens is 347 g/mol. The van der Waals surface area contributed by atoms with Gasteiger partial charge in [0.05, 0.1) is 3.57 Å². The van der Waals surface area contributed by atoms with E-state index in [1.54, 1.807) is 0 Å². The number of benzene rings is 1. The summed E-state index contributed by atoms with van der Waals surface area (Å²) < 4.78 is 11.0. The maximum atomic E-state index is 5.86. The third-order valence-electron chi connectivity index (χ3n) is 1.71. The van der Waals surface area contributed by atoms with Gasteiger partial charge in [-0.3, -0.25) is 0 Å². The Bertz CT molecular complexity index is 463. The molecule has 3 nitrogen and oxygen atoms in total. The molecular formula is C9H6ClIN2OS. The Morgan fingerprint density at radius 3 is 2.87 bits per heavy atom. The highest BCUT2D eigenvalue weighted by Gasteiger charge is 2.06. The Morgan fingerprint density at radius 2 is 2.20 bits per heavy atom. The lowest BCUT2D eigenvalue weighted by atomic mass is 10.3. The molecule has 0 unspecified atom stereocenters. The van der Waals surface area contributed by atoms with E-state index in [9.17, 15) is 0 Å². The van der Waals surface area contributed by atoms with Crippen LogP contribution in [0.25, 0.3) is 0 Å². The third-order valence-corrected chi connectivity index (χ3v) is 3.59. The Kier molecular flexibility index (Phi) is 3.76. The molecule has 0 aliphatic rings. The number of hydrogen-bond donors (Lipinski definition) is 0. The number of rotatable bonds is 3. The molecule has 0 saturated heterocycles. The number of hydrogen-bond acceptors (Lipinski definition) is 4. The van der Waals surface area contributed by atoms with Crippen molar-refractivity contribution in [3.05, 3.63) is 37.9 Å². The van der Waals surface area contributed by atoms with Crippen LogP contribution in [-0.2, 0) is 6.61 Å². The zero-order valence-corrected chi connectivity index (χ0v) is 11.2. The normalized spacial score (nSPS) is 10.3. The molecule has 0 atom stereocenters. The first-order valence-corrected chi connectivity index (χ1v) is 6.34. The lowest BCUT2D eigenvalue weighted by molar-refractivity contribution is 0.299. The van der Waals surface area contributed by atoms with E-state index in [2.05, 4.69) is 32.2 Å². The second-order valence-electron chi connectivity index (χ2n) is 2.71. The van der Waals surface area contributed by atoms with Gasteiger partial charge in [-0.15, -0.1) is 5.10 Å². The number of halogens is 2. The number of aromatic nitrogens is 2. The van der Waals surface area contributed by atoms with Crippen molar-refractivity contribution < 1.29 is 4.74 Å². The molecule has 1 aromatic heterocycles. The molecule has 78 valence electrons. The third kappa shape index (κ3) is 2.79. The van der Waals surface area contributed by atoms with E-state index in [0.29, 0.717) is 16.6 Å². The van der Waals surface area contributed by atoms with Crippen molar-refractivity contribution in [3.8, 4) is 5.75 Å². The Balaban J connectivity index is 2.06. The topological polar surface area (TPSA) is 35.0 Å². The van der Waals surface area contributed by atoms with E-state index in [-0.39, 0.29) is 0 Å². The lowest BCUT2D eigenvalue weighted by Gasteiger charge is -2.05. The lowest BCUT2D eigenvalue weighted by Crippen LogP contribution is -1.97. The van der Waals surface area contributed by atoms with Gasteiger partial charge in [-0.2, -0.15) is 0 Å². The summed E-state index contributed by atoms with van der Waals surface area (Å²) in [6, 6.07) is 7.79. The van der Waals surface area contributed by atoms with Crippen LogP contribution in [-0.4, -0.2) is 9.59 Å². The van der Waals surface area contributed by atoms with E-state index in [1.807, 2.05) is 24.3 Å². The van der Waals surface area contributed by atoms with Crippen LogP contribution in [0, 0.1) is 3.57 Å². The SMILES string of the molecule is Clc1snnc1COc1ccccc1I. The number of nitrogens with zero attached hydrogens (tertiary/aromatic N) is 2. The van der Waals surface area contributed by atoms with Gasteiger partial charge in [-0.1, -0.05) is 28.2 Å². The molecule has 2 aromatic rings. The van der Waals surface area contributed by atoms with Crippen LogP contribution in [0.4, 0.5) is 0 Å². The molecule has 0 fully saturated rings. The van der Waals surface area contributed by atoms with Gasteiger partial charge in [0, 0.05) is 11.5 Å². The highest BCUT2D eigenvalue weighted by Crippen LogP contribution is 2.23. The van der Waals surface area contributed by atoms with Crippen molar-refractivity contribution in [2.45, 2.75) is 6.61 Å². The minimum atomic E-state index is 0.356. The van der Waals surface area contributed by atoms with Crippen molar-refractivity contribution in [3.63, 3.8) is 0 Å². The molecule has 0 aliphatic carbocycles. The molecule has 15 heavy (non-hydrogen) atoms. The Morgan fingerprint density at radius 1 is 1.40 bits per heavy atom. The molecule has 0 spiro atoms. The molecule has 0 N–H and O–H groups in total. The molecule has 0 bridgehead atoms. The first-order chi connectivity index (χ1) is 7.27. The highest BCUT2D eigenvalue weighted by atomic mass is 127. The summed E-state index contributed by atoms with van der Waals surface area (Å²) in [5.41, 5.74) is 0.682. The van der Waals surface area contributed by atoms with Crippen LogP contribution >= 0.6 is 45.7 Å². The van der Waals surface area contributed by atoms with Gasteiger partial charge in [-0.25, -0.2) is 0 Å². The predicted octanol–water partition coefficient (Wildman–Crippen LogP) is 3.38. The second kappa shape index (κ2) is 5.09. The molecule has 0 aliphatic heterocycles. The van der Waals surface area contributed by atoms with Gasteiger partial charge in [0.15, 0.2) is 0 Å². The van der Waals surface area contributed by atoms with Crippen LogP contribution in [0.3, 0.4) is 0 Å². The van der Waals surface area contributed by atoms with Gasteiger partial charge >= 0.3 is 0 Å². The fourth-order valence-corrected chi connectivity index (χ4v) is 2.14. The van der Waals surface area contributed by atoms with Crippen molar-refractivity contribution in [2.75, 3.05) is 0 Å². The second-order valence-corrected chi connectivity index (χ2v) is 5.23. The quantitative estimate of drug-likeness (QED) is 0.795. The van der Waals surface area contributed by atoms with Gasteiger partial charge in [0.1, 0.15) is 22.4 Å². The van der Waals surface area contributed by atoms with Crippen LogP contribution in [0.2, 0.25) is 4.34 Å². The average Bonchev–Trinajstić information content (AvgIpc) is 2.63. The van der Waals surface area contributed by atoms with E-state index in [4.69, 9.17) is 16.3 Å². The summed E-state index contributed by atoms with van der Waals surface area (Å²) in [6.45, 7) is 0.356. The van der Waals surface area contributed by atoms with Gasteiger partial charge in [0.25, 0.3) is 0 Å². The monoisotopic (exact) mass is 352 g/mol. The van der Waals surface area contributed by atoms with Crippen LogP contribution in [0.1, 0.15) is 5.69 Å². The summed E-state index contributed by atoms with van der Waals surface area (Å²) >= 11 is 9.24. The maximum absolute atomic E-state index is 5.86. The van der Waals surface area contributed by atoms with Crippen LogP contribution < -0.4 is 4.74 Å². The standard InChI is InChI=1S/C9H6ClIN2OS/c10-9-7(12-13-15-9)5-14-8-4-2-1-3-6(8)11/h1-4H,5H2. The first kappa shape index (κ1) is 11.1. The maximum Gasteiger partial charge on any atom is 0.141 e. The van der Waals surface area contributed by atoms with E-state index in [0.717, 1.165) is 9.32 Å². The van der Waals surface area contributed by atoms with Gasteiger partial charge < -0.3 is 4.74 Å². The van der Waals surface area contributed by atoms with Crippen molar-refractivity contribution in [1.82, 2.24) is 9.59 Å². The first-order valence-electron chi connectivity index (χ1n) is 4.11. The summed E-state index contributed by atoms with van der Waals surface area (Å²) in [4.78, 5) is 0. The number of ether oxygens (including phenoxy) is 1. The molecule has 6 heteroatoms. The smallest absolute Gasteiger partial charge is 0.141 e. The molecule has 0 amide bonds. The zero-order chi connectivity index (χ0) is 10.7. The Hall–Kier alpha value is -0.400. The molecule has 0 saturated carbocycles. The van der Waals surface area contributed by atoms with Gasteiger partial charge in [-0.05, 0) is 34.7 Å². The molecule has 1 heterocycles. The number of para-hydroxylation sites is 1. The summed E-state index contributed by atoms with van der Waals surface area (Å²) in [7, 11) is 0. The van der Waals surface area contributed by atoms with E-state index in [1.165, 1.54) is 11.5 Å². The minimum absolute atomic E-state index is 0.356. The van der Waals surface area contributed by atoms with E-state index < -0.39 is 0 Å². The summed E-state index contributed by atoms with van der Waals surface area (Å²) in [6.07, 6.45) is 0. The fraction of sp³-hybridized carbons (Fsp3) is 0.111. The summed E-state index contributed by atoms with van der Waals surface area (Å²) in [5, 5.41) is 3.87. The largest absolute Gasteiger partial charge is 0.486 e. The van der Waals surface area contributed by atoms with Crippen molar-refractivity contribution >= 4 is 45.7 Å². The average molecular weight is 353 g/mol. The Labute approximate surface area is 110 Å². The van der Waals surface area contributed by atoms with Crippen LogP contribution in [0.5, 0.6) is 5.75 Å². The highest BCUT2D eigenvalue weighted by molar-refractivity contribution is 14.1.